The molecule has 2 aromatic heterocycles. The van der Waals surface area contributed by atoms with Crippen LogP contribution in [0.1, 0.15) is 44.8 Å². The lowest BCUT2D eigenvalue weighted by Gasteiger charge is -2.41. The van der Waals surface area contributed by atoms with Crippen molar-refractivity contribution in [2.24, 2.45) is 0 Å². The summed E-state index contributed by atoms with van der Waals surface area (Å²) >= 11 is 3.43. The average molecular weight is 416 g/mol. The van der Waals surface area contributed by atoms with Gasteiger partial charge in [-0.2, -0.15) is 0 Å². The van der Waals surface area contributed by atoms with Gasteiger partial charge < -0.3 is 0 Å². The summed E-state index contributed by atoms with van der Waals surface area (Å²) in [6, 6.07) is 28.8. The fourth-order valence-corrected chi connectivity index (χ4v) is 6.02. The van der Waals surface area contributed by atoms with Crippen molar-refractivity contribution in [3.8, 4) is 0 Å². The van der Waals surface area contributed by atoms with Crippen LogP contribution in [0.15, 0.2) is 95.7 Å². The molecule has 1 saturated heterocycles. The predicted octanol–water partition coefficient (Wildman–Crippen LogP) is 6.33. The van der Waals surface area contributed by atoms with Crippen LogP contribution >= 0.6 is 22.7 Å². The Bertz CT molecular complexity index is 973. The van der Waals surface area contributed by atoms with Crippen LogP contribution in [-0.2, 0) is 4.79 Å². The van der Waals surface area contributed by atoms with Crippen LogP contribution < -0.4 is 5.32 Å². The van der Waals surface area contributed by atoms with E-state index in [2.05, 4.69) is 64.6 Å². The third-order valence-electron chi connectivity index (χ3n) is 5.66. The Balaban J connectivity index is 1.66. The lowest BCUT2D eigenvalue weighted by molar-refractivity contribution is -0.125. The highest BCUT2D eigenvalue weighted by Gasteiger charge is 2.46. The second-order valence-corrected chi connectivity index (χ2v) is 9.29. The third-order valence-corrected chi connectivity index (χ3v) is 7.57. The highest BCUT2D eigenvalue weighted by Crippen LogP contribution is 2.48. The Labute approximate surface area is 178 Å². The van der Waals surface area contributed by atoms with Crippen LogP contribution in [0.25, 0.3) is 0 Å². The highest BCUT2D eigenvalue weighted by molar-refractivity contribution is 7.10. The van der Waals surface area contributed by atoms with E-state index in [-0.39, 0.29) is 29.7 Å². The Morgan fingerprint density at radius 1 is 0.586 bits per heavy atom. The molecule has 3 heterocycles. The van der Waals surface area contributed by atoms with Crippen molar-refractivity contribution in [1.29, 1.82) is 0 Å². The molecule has 4 atom stereocenters. The summed E-state index contributed by atoms with van der Waals surface area (Å²) in [7, 11) is 0. The predicted molar refractivity (Wildman–Crippen MR) is 121 cm³/mol. The summed E-state index contributed by atoms with van der Waals surface area (Å²) in [5.74, 6) is -0.134. The summed E-state index contributed by atoms with van der Waals surface area (Å²) in [5, 5.41) is 8.07. The van der Waals surface area contributed by atoms with Gasteiger partial charge >= 0.3 is 0 Å². The molecule has 1 N–H and O–H groups in total. The third kappa shape index (κ3) is 3.48. The maximum absolute atomic E-state index is 14.1. The van der Waals surface area contributed by atoms with Crippen molar-refractivity contribution < 1.29 is 4.79 Å². The van der Waals surface area contributed by atoms with Crippen LogP contribution in [0.5, 0.6) is 0 Å². The molecule has 0 aliphatic carbocycles. The minimum absolute atomic E-state index is 0.0306. The van der Waals surface area contributed by atoms with Crippen LogP contribution in [0.2, 0.25) is 0 Å². The lowest BCUT2D eigenvalue weighted by atomic mass is 9.72. The molecule has 2 aromatic carbocycles. The number of hydrogen-bond donors (Lipinski definition) is 1. The molecule has 0 saturated carbocycles. The smallest absolute Gasteiger partial charge is 0.151 e. The molecule has 4 aromatic rings. The van der Waals surface area contributed by atoms with Gasteiger partial charge in [-0.3, -0.25) is 10.1 Å². The molecule has 0 unspecified atom stereocenters. The fourth-order valence-electron chi connectivity index (χ4n) is 4.37. The zero-order valence-corrected chi connectivity index (χ0v) is 17.4. The second kappa shape index (κ2) is 8.07. The number of carbonyl (C=O) groups is 1. The molecule has 0 amide bonds. The minimum atomic E-state index is -0.212. The molecule has 1 aliphatic rings. The maximum Gasteiger partial charge on any atom is 0.151 e. The van der Waals surface area contributed by atoms with Gasteiger partial charge in [-0.25, -0.2) is 0 Å². The van der Waals surface area contributed by atoms with E-state index in [1.807, 2.05) is 36.4 Å². The van der Waals surface area contributed by atoms with Crippen LogP contribution in [0, 0.1) is 0 Å². The van der Waals surface area contributed by atoms with Gasteiger partial charge in [-0.1, -0.05) is 72.8 Å². The number of ketones is 1. The summed E-state index contributed by atoms with van der Waals surface area (Å²) in [6.45, 7) is 0. The van der Waals surface area contributed by atoms with Gasteiger partial charge in [0.05, 0.1) is 23.9 Å². The molecule has 0 spiro atoms. The van der Waals surface area contributed by atoms with E-state index in [9.17, 15) is 4.79 Å². The van der Waals surface area contributed by atoms with Crippen LogP contribution in [0.3, 0.4) is 0 Å². The Morgan fingerprint density at radius 2 is 1.03 bits per heavy atom. The highest BCUT2D eigenvalue weighted by atomic mass is 32.1. The maximum atomic E-state index is 14.1. The number of piperidine rings is 1. The van der Waals surface area contributed by atoms with E-state index < -0.39 is 0 Å². The Morgan fingerprint density at radius 3 is 1.41 bits per heavy atom. The van der Waals surface area contributed by atoms with E-state index in [1.54, 1.807) is 22.7 Å². The van der Waals surface area contributed by atoms with Gasteiger partial charge in [-0.15, -0.1) is 22.7 Å². The van der Waals surface area contributed by atoms with Crippen molar-refractivity contribution in [1.82, 2.24) is 5.32 Å². The quantitative estimate of drug-likeness (QED) is 0.422. The molecule has 4 heteroatoms. The van der Waals surface area contributed by atoms with Gasteiger partial charge in [0.25, 0.3) is 0 Å². The number of carbonyl (C=O) groups excluding carboxylic acids is 1. The summed E-state index contributed by atoms with van der Waals surface area (Å²) in [5.41, 5.74) is 2.16. The summed E-state index contributed by atoms with van der Waals surface area (Å²) < 4.78 is 0. The molecule has 2 nitrogen and oxygen atoms in total. The van der Waals surface area contributed by atoms with Gasteiger partial charge in [0.2, 0.25) is 0 Å². The molecular formula is C25H21NOS2. The fraction of sp³-hybridized carbons (Fsp3) is 0.160. The second-order valence-electron chi connectivity index (χ2n) is 7.33. The molecule has 0 radical (unpaired) electrons. The number of benzene rings is 2. The SMILES string of the molecule is O=C1[C@H](c2ccccc2)[C@H](c2cccs2)N[C@@H](c2cccs2)[C@H]1c1ccccc1. The normalized spacial score (nSPS) is 24.5. The molecule has 1 aliphatic heterocycles. The first kappa shape index (κ1) is 18.5. The standard InChI is InChI=1S/C25H21NOS2/c27-25-21(17-9-3-1-4-10-17)23(19-13-7-15-28-19)26-24(20-14-8-16-29-20)22(25)18-11-5-2-6-12-18/h1-16,21-24,26H/t21-,22-,23+,24+/m1/s1. The number of thiophene rings is 2. The van der Waals surface area contributed by atoms with Crippen LogP contribution in [-0.4, -0.2) is 5.78 Å². The number of Topliss-reactive ketones (excluding diaryl/α,β-unsaturated/α-hetero) is 1. The molecule has 1 fully saturated rings. The van der Waals surface area contributed by atoms with E-state index in [0.29, 0.717) is 0 Å². The Hall–Kier alpha value is -2.53. The van der Waals surface area contributed by atoms with Gasteiger partial charge in [-0.05, 0) is 34.0 Å². The molecule has 144 valence electrons. The molecule has 0 bridgehead atoms. The summed E-state index contributed by atoms with van der Waals surface area (Å²) in [4.78, 5) is 16.5. The minimum Gasteiger partial charge on any atom is -0.300 e. The molecule has 5 rings (SSSR count). The van der Waals surface area contributed by atoms with E-state index in [0.717, 1.165) is 11.1 Å². The average Bonchev–Trinajstić information content (AvgIpc) is 3.49. The zero-order valence-electron chi connectivity index (χ0n) is 15.8. The molecular weight excluding hydrogens is 394 g/mol. The first-order chi connectivity index (χ1) is 14.3. The van der Waals surface area contributed by atoms with Crippen LogP contribution in [0.4, 0.5) is 0 Å². The van der Waals surface area contributed by atoms with E-state index in [1.165, 1.54) is 9.75 Å². The topological polar surface area (TPSA) is 29.1 Å². The van der Waals surface area contributed by atoms with Crippen molar-refractivity contribution in [2.45, 2.75) is 23.9 Å². The van der Waals surface area contributed by atoms with Gasteiger partial charge in [0.15, 0.2) is 5.78 Å². The largest absolute Gasteiger partial charge is 0.300 e. The lowest BCUT2D eigenvalue weighted by Crippen LogP contribution is -2.45. The number of rotatable bonds is 4. The molecule has 29 heavy (non-hydrogen) atoms. The number of nitrogens with one attached hydrogen (secondary N) is 1. The Kier molecular flexibility index (Phi) is 5.15. The number of hydrogen-bond acceptors (Lipinski definition) is 4. The van der Waals surface area contributed by atoms with Crippen molar-refractivity contribution in [2.75, 3.05) is 0 Å². The monoisotopic (exact) mass is 415 g/mol. The van der Waals surface area contributed by atoms with Crippen molar-refractivity contribution in [3.05, 3.63) is 117 Å². The van der Waals surface area contributed by atoms with Crippen molar-refractivity contribution >= 4 is 28.5 Å². The zero-order chi connectivity index (χ0) is 19.6. The van der Waals surface area contributed by atoms with E-state index >= 15 is 0 Å². The van der Waals surface area contributed by atoms with E-state index in [4.69, 9.17) is 0 Å². The first-order valence-electron chi connectivity index (χ1n) is 9.79. The summed E-state index contributed by atoms with van der Waals surface area (Å²) in [6.07, 6.45) is 0. The van der Waals surface area contributed by atoms with Gasteiger partial charge in [0, 0.05) is 9.75 Å². The van der Waals surface area contributed by atoms with Crippen molar-refractivity contribution in [3.63, 3.8) is 0 Å². The van der Waals surface area contributed by atoms with Gasteiger partial charge in [0.1, 0.15) is 0 Å². The first-order valence-corrected chi connectivity index (χ1v) is 11.6.